The largest absolute Gasteiger partial charge is 0.496 e. The second kappa shape index (κ2) is 6.32. The van der Waals surface area contributed by atoms with E-state index in [4.69, 9.17) is 4.74 Å². The van der Waals surface area contributed by atoms with Gasteiger partial charge in [0.05, 0.1) is 13.2 Å². The Balaban J connectivity index is 2.17. The minimum absolute atomic E-state index is 0.220. The third-order valence-electron chi connectivity index (χ3n) is 4.87. The first-order valence-electron chi connectivity index (χ1n) is 7.80. The molecule has 21 heavy (non-hydrogen) atoms. The normalized spacial score (nSPS) is 18.0. The van der Waals surface area contributed by atoms with Crippen molar-refractivity contribution in [1.82, 2.24) is 9.88 Å². The summed E-state index contributed by atoms with van der Waals surface area (Å²) in [5.41, 5.74) is 2.78. The van der Waals surface area contributed by atoms with Gasteiger partial charge in [0.25, 0.3) is 0 Å². The Bertz CT molecular complexity index is 494. The minimum Gasteiger partial charge on any atom is -0.496 e. The van der Waals surface area contributed by atoms with E-state index in [-0.39, 0.29) is 5.54 Å². The van der Waals surface area contributed by atoms with E-state index in [1.54, 1.807) is 7.11 Å². The molecule has 118 valence electrons. The van der Waals surface area contributed by atoms with Crippen molar-refractivity contribution in [2.24, 2.45) is 0 Å². The van der Waals surface area contributed by atoms with Gasteiger partial charge in [-0.25, -0.2) is 0 Å². The standard InChI is InChI=1S/C17H28N2O2/c1-12-11-18-14(13(2)16(12)21-5)10-15(20)17(3,4)19-8-6-7-9-19/h11,15,20H,6-10H2,1-5H3. The van der Waals surface area contributed by atoms with Gasteiger partial charge in [-0.15, -0.1) is 0 Å². The summed E-state index contributed by atoms with van der Waals surface area (Å²) in [6, 6.07) is 0. The van der Waals surface area contributed by atoms with Crippen molar-refractivity contribution in [3.05, 3.63) is 23.0 Å². The number of aliphatic hydroxyl groups is 1. The number of likely N-dealkylation sites (tertiary alicyclic amines) is 1. The number of nitrogens with zero attached hydrogens (tertiary/aromatic N) is 2. The van der Waals surface area contributed by atoms with Crippen molar-refractivity contribution >= 4 is 0 Å². The van der Waals surface area contributed by atoms with Crippen molar-refractivity contribution in [3.8, 4) is 5.75 Å². The van der Waals surface area contributed by atoms with Gasteiger partial charge in [0.1, 0.15) is 5.75 Å². The van der Waals surface area contributed by atoms with E-state index in [0.717, 1.165) is 35.7 Å². The van der Waals surface area contributed by atoms with Crippen molar-refractivity contribution in [1.29, 1.82) is 0 Å². The van der Waals surface area contributed by atoms with Crippen LogP contribution >= 0.6 is 0 Å². The fourth-order valence-electron chi connectivity index (χ4n) is 3.21. The number of methoxy groups -OCH3 is 1. The highest BCUT2D eigenvalue weighted by molar-refractivity contribution is 5.41. The van der Waals surface area contributed by atoms with Crippen molar-refractivity contribution in [2.75, 3.05) is 20.2 Å². The molecule has 1 aliphatic rings. The Morgan fingerprint density at radius 1 is 1.33 bits per heavy atom. The molecule has 1 aromatic rings. The van der Waals surface area contributed by atoms with Crippen molar-refractivity contribution < 1.29 is 9.84 Å². The van der Waals surface area contributed by atoms with Crippen LogP contribution in [0.2, 0.25) is 0 Å². The van der Waals surface area contributed by atoms with Crippen LogP contribution in [0.3, 0.4) is 0 Å². The SMILES string of the molecule is COc1c(C)cnc(CC(O)C(C)(C)N2CCCC2)c1C. The number of aliphatic hydroxyl groups excluding tert-OH is 1. The van der Waals surface area contributed by atoms with Crippen LogP contribution in [0.5, 0.6) is 5.75 Å². The lowest BCUT2D eigenvalue weighted by atomic mass is 9.90. The Kier molecular flexibility index (Phi) is 4.89. The summed E-state index contributed by atoms with van der Waals surface area (Å²) < 4.78 is 5.45. The van der Waals surface area contributed by atoms with Gasteiger partial charge in [0.2, 0.25) is 0 Å². The van der Waals surface area contributed by atoms with Gasteiger partial charge in [0, 0.05) is 35.0 Å². The molecule has 2 heterocycles. The summed E-state index contributed by atoms with van der Waals surface area (Å²) in [4.78, 5) is 6.90. The Labute approximate surface area is 128 Å². The third-order valence-corrected chi connectivity index (χ3v) is 4.87. The monoisotopic (exact) mass is 292 g/mol. The van der Waals surface area contributed by atoms with E-state index in [1.165, 1.54) is 12.8 Å². The number of aromatic nitrogens is 1. The maximum absolute atomic E-state index is 10.7. The summed E-state index contributed by atoms with van der Waals surface area (Å²) >= 11 is 0. The molecule has 0 saturated carbocycles. The van der Waals surface area contributed by atoms with Crippen LogP contribution in [0, 0.1) is 13.8 Å². The molecule has 2 rings (SSSR count). The number of hydrogen-bond acceptors (Lipinski definition) is 4. The molecule has 1 atom stereocenters. The molecule has 0 aliphatic carbocycles. The maximum atomic E-state index is 10.7. The molecule has 1 aromatic heterocycles. The van der Waals surface area contributed by atoms with Gasteiger partial charge in [-0.2, -0.15) is 0 Å². The number of pyridine rings is 1. The molecule has 1 aliphatic heterocycles. The van der Waals surface area contributed by atoms with E-state index in [9.17, 15) is 5.11 Å². The summed E-state index contributed by atoms with van der Waals surface area (Å²) in [6.45, 7) is 10.4. The Morgan fingerprint density at radius 2 is 1.95 bits per heavy atom. The van der Waals surface area contributed by atoms with Crippen LogP contribution in [-0.2, 0) is 6.42 Å². The lowest BCUT2D eigenvalue weighted by Gasteiger charge is -2.39. The van der Waals surface area contributed by atoms with Crippen LogP contribution in [0.1, 0.15) is 43.5 Å². The van der Waals surface area contributed by atoms with Crippen LogP contribution < -0.4 is 4.74 Å². The highest BCUT2D eigenvalue weighted by Gasteiger charge is 2.36. The second-order valence-corrected chi connectivity index (χ2v) is 6.61. The van der Waals surface area contributed by atoms with Gasteiger partial charge < -0.3 is 9.84 Å². The molecule has 4 nitrogen and oxygen atoms in total. The summed E-state index contributed by atoms with van der Waals surface area (Å²) in [5.74, 6) is 0.881. The fourth-order valence-corrected chi connectivity index (χ4v) is 3.21. The molecule has 1 unspecified atom stereocenters. The average molecular weight is 292 g/mol. The zero-order valence-corrected chi connectivity index (χ0v) is 13.9. The quantitative estimate of drug-likeness (QED) is 0.905. The van der Waals surface area contributed by atoms with Gasteiger partial charge in [0.15, 0.2) is 0 Å². The first-order chi connectivity index (χ1) is 9.87. The molecule has 4 heteroatoms. The smallest absolute Gasteiger partial charge is 0.128 e. The molecule has 0 spiro atoms. The maximum Gasteiger partial charge on any atom is 0.128 e. The van der Waals surface area contributed by atoms with E-state index in [1.807, 2.05) is 20.0 Å². The lowest BCUT2D eigenvalue weighted by molar-refractivity contribution is 0.00274. The fraction of sp³-hybridized carbons (Fsp3) is 0.706. The molecular weight excluding hydrogens is 264 g/mol. The van der Waals surface area contributed by atoms with Gasteiger partial charge >= 0.3 is 0 Å². The predicted octanol–water partition coefficient (Wildman–Crippen LogP) is 2.48. The first kappa shape index (κ1) is 16.2. The van der Waals surface area contributed by atoms with Crippen molar-refractivity contribution in [3.63, 3.8) is 0 Å². The third kappa shape index (κ3) is 3.22. The topological polar surface area (TPSA) is 45.6 Å². The van der Waals surface area contributed by atoms with Crippen LogP contribution in [-0.4, -0.2) is 46.8 Å². The molecule has 0 amide bonds. The molecule has 1 saturated heterocycles. The first-order valence-corrected chi connectivity index (χ1v) is 7.80. The van der Waals surface area contributed by atoms with Crippen molar-refractivity contribution in [2.45, 2.75) is 58.6 Å². The molecular formula is C17H28N2O2. The average Bonchev–Trinajstić information content (AvgIpc) is 2.97. The molecule has 0 radical (unpaired) electrons. The summed E-state index contributed by atoms with van der Waals surface area (Å²) in [6.07, 6.45) is 4.41. The highest BCUT2D eigenvalue weighted by Crippen LogP contribution is 2.29. The Morgan fingerprint density at radius 3 is 2.52 bits per heavy atom. The zero-order chi connectivity index (χ0) is 15.6. The number of ether oxygens (including phenoxy) is 1. The van der Waals surface area contributed by atoms with Crippen LogP contribution in [0.25, 0.3) is 0 Å². The van der Waals surface area contributed by atoms with Gasteiger partial charge in [-0.1, -0.05) is 0 Å². The van der Waals surface area contributed by atoms with E-state index >= 15 is 0 Å². The minimum atomic E-state index is -0.436. The van der Waals surface area contributed by atoms with E-state index in [0.29, 0.717) is 6.42 Å². The van der Waals surface area contributed by atoms with Crippen LogP contribution in [0.15, 0.2) is 6.20 Å². The highest BCUT2D eigenvalue weighted by atomic mass is 16.5. The lowest BCUT2D eigenvalue weighted by Crippen LogP contribution is -2.52. The van der Waals surface area contributed by atoms with E-state index in [2.05, 4.69) is 23.7 Å². The molecule has 0 aromatic carbocycles. The van der Waals surface area contributed by atoms with Crippen LogP contribution in [0.4, 0.5) is 0 Å². The van der Waals surface area contributed by atoms with Gasteiger partial charge in [-0.3, -0.25) is 9.88 Å². The summed E-state index contributed by atoms with van der Waals surface area (Å²) in [5, 5.41) is 10.7. The number of rotatable bonds is 5. The Hall–Kier alpha value is -1.13. The van der Waals surface area contributed by atoms with E-state index < -0.39 is 6.10 Å². The molecule has 0 bridgehead atoms. The summed E-state index contributed by atoms with van der Waals surface area (Å²) in [7, 11) is 1.68. The number of aryl methyl sites for hydroxylation is 1. The predicted molar refractivity (Wildman–Crippen MR) is 84.9 cm³/mol. The van der Waals surface area contributed by atoms with Gasteiger partial charge in [-0.05, 0) is 53.6 Å². The number of hydrogen-bond donors (Lipinski definition) is 1. The molecule has 1 N–H and O–H groups in total. The molecule has 1 fully saturated rings. The second-order valence-electron chi connectivity index (χ2n) is 6.61. The zero-order valence-electron chi connectivity index (χ0n) is 13.9.